The third kappa shape index (κ3) is 5.12. The van der Waals surface area contributed by atoms with E-state index in [1.807, 2.05) is 0 Å². The first kappa shape index (κ1) is 19.6. The number of primary amides is 1. The number of ether oxygens (including phenoxy) is 2. The Morgan fingerprint density at radius 2 is 2.04 bits per heavy atom. The fourth-order valence-corrected chi connectivity index (χ4v) is 2.87. The van der Waals surface area contributed by atoms with Crippen LogP contribution in [0.3, 0.4) is 0 Å². The van der Waals surface area contributed by atoms with Crippen molar-refractivity contribution in [3.8, 4) is 11.5 Å². The zero-order valence-corrected chi connectivity index (χ0v) is 15.6. The first-order valence-electron chi connectivity index (χ1n) is 7.75. The number of thioether (sulfide) groups is 1. The highest BCUT2D eigenvalue weighted by Gasteiger charge is 2.13. The van der Waals surface area contributed by atoms with Gasteiger partial charge in [0.15, 0.2) is 5.16 Å². The van der Waals surface area contributed by atoms with E-state index in [4.69, 9.17) is 15.2 Å². The number of carbonyl (C=O) groups excluding carboxylic acids is 2. The topological polar surface area (TPSA) is 121 Å². The number of nitrogens with one attached hydrogen (secondary N) is 1. The van der Waals surface area contributed by atoms with Crippen LogP contribution in [0.2, 0.25) is 0 Å². The van der Waals surface area contributed by atoms with Gasteiger partial charge >= 0.3 is 0 Å². The van der Waals surface area contributed by atoms with Crippen LogP contribution in [0.1, 0.15) is 12.2 Å². The molecule has 0 spiro atoms. The van der Waals surface area contributed by atoms with Gasteiger partial charge in [0, 0.05) is 26.0 Å². The lowest BCUT2D eigenvalue weighted by Gasteiger charge is -2.11. The van der Waals surface area contributed by atoms with Crippen molar-refractivity contribution in [1.82, 2.24) is 14.8 Å². The van der Waals surface area contributed by atoms with E-state index in [1.165, 1.54) is 18.9 Å². The SMILES string of the molecule is COc1ccc(NC(=O)CSc2nnc(CCC(N)=O)n2C)c(OC)c1. The van der Waals surface area contributed by atoms with Gasteiger partial charge in [0.1, 0.15) is 17.3 Å². The molecule has 10 heteroatoms. The average Bonchev–Trinajstić information content (AvgIpc) is 2.98. The van der Waals surface area contributed by atoms with Crippen molar-refractivity contribution in [2.75, 3.05) is 25.3 Å². The van der Waals surface area contributed by atoms with E-state index < -0.39 is 5.91 Å². The van der Waals surface area contributed by atoms with Crippen LogP contribution in [0.15, 0.2) is 23.4 Å². The Balaban J connectivity index is 1.94. The van der Waals surface area contributed by atoms with Crippen LogP contribution < -0.4 is 20.5 Å². The Hall–Kier alpha value is -2.75. The number of hydrogen-bond acceptors (Lipinski definition) is 7. The largest absolute Gasteiger partial charge is 0.497 e. The lowest BCUT2D eigenvalue weighted by Crippen LogP contribution is -2.15. The molecule has 2 amide bonds. The minimum atomic E-state index is -0.394. The molecule has 0 saturated carbocycles. The number of nitrogens with zero attached hydrogens (tertiary/aromatic N) is 3. The second-order valence-electron chi connectivity index (χ2n) is 5.33. The molecule has 0 bridgehead atoms. The minimum absolute atomic E-state index is 0.150. The van der Waals surface area contributed by atoms with E-state index in [9.17, 15) is 9.59 Å². The molecule has 0 unspecified atom stereocenters. The molecule has 0 aliphatic rings. The zero-order chi connectivity index (χ0) is 19.1. The molecule has 0 saturated heterocycles. The number of anilines is 1. The van der Waals surface area contributed by atoms with E-state index in [0.29, 0.717) is 34.6 Å². The summed E-state index contributed by atoms with van der Waals surface area (Å²) in [6, 6.07) is 5.14. The van der Waals surface area contributed by atoms with E-state index in [0.717, 1.165) is 0 Å². The number of hydrogen-bond donors (Lipinski definition) is 2. The summed E-state index contributed by atoms with van der Waals surface area (Å²) in [7, 11) is 4.86. The van der Waals surface area contributed by atoms with Crippen molar-refractivity contribution < 1.29 is 19.1 Å². The normalized spacial score (nSPS) is 10.4. The Morgan fingerprint density at radius 1 is 1.27 bits per heavy atom. The second kappa shape index (κ2) is 9.09. The molecule has 0 atom stereocenters. The van der Waals surface area contributed by atoms with Gasteiger partial charge < -0.3 is 25.1 Å². The zero-order valence-electron chi connectivity index (χ0n) is 14.8. The van der Waals surface area contributed by atoms with Gasteiger partial charge in [-0.1, -0.05) is 11.8 Å². The third-order valence-corrected chi connectivity index (χ3v) is 4.56. The summed E-state index contributed by atoms with van der Waals surface area (Å²) in [5, 5.41) is 11.4. The first-order valence-corrected chi connectivity index (χ1v) is 8.74. The van der Waals surface area contributed by atoms with Crippen molar-refractivity contribution >= 4 is 29.3 Å². The quantitative estimate of drug-likeness (QED) is 0.623. The van der Waals surface area contributed by atoms with E-state index in [2.05, 4.69) is 15.5 Å². The highest BCUT2D eigenvalue weighted by atomic mass is 32.2. The number of aryl methyl sites for hydroxylation is 1. The van der Waals surface area contributed by atoms with Crippen LogP contribution in [0.5, 0.6) is 11.5 Å². The molecule has 0 radical (unpaired) electrons. The van der Waals surface area contributed by atoms with Crippen molar-refractivity contribution in [2.45, 2.75) is 18.0 Å². The molecule has 0 aliphatic heterocycles. The molecule has 0 aliphatic carbocycles. The maximum Gasteiger partial charge on any atom is 0.234 e. The molecule has 1 aromatic heterocycles. The van der Waals surface area contributed by atoms with Gasteiger partial charge in [-0.2, -0.15) is 0 Å². The highest BCUT2D eigenvalue weighted by molar-refractivity contribution is 7.99. The van der Waals surface area contributed by atoms with Crippen molar-refractivity contribution in [3.05, 3.63) is 24.0 Å². The Kier molecular flexibility index (Phi) is 6.84. The Bertz CT molecular complexity index is 793. The van der Waals surface area contributed by atoms with Gasteiger partial charge in [0.25, 0.3) is 0 Å². The molecular weight excluding hydrogens is 358 g/mol. The number of amides is 2. The number of methoxy groups -OCH3 is 2. The van der Waals surface area contributed by atoms with Crippen molar-refractivity contribution in [1.29, 1.82) is 0 Å². The van der Waals surface area contributed by atoms with Gasteiger partial charge in [-0.15, -0.1) is 10.2 Å². The Morgan fingerprint density at radius 3 is 2.69 bits per heavy atom. The highest BCUT2D eigenvalue weighted by Crippen LogP contribution is 2.29. The Labute approximate surface area is 155 Å². The molecular formula is C16H21N5O4S. The van der Waals surface area contributed by atoms with Crippen molar-refractivity contribution in [3.63, 3.8) is 0 Å². The third-order valence-electron chi connectivity index (χ3n) is 3.54. The molecule has 140 valence electrons. The standard InChI is InChI=1S/C16H21N5O4S/c1-21-14(7-6-13(17)22)19-20-16(21)26-9-15(23)18-11-5-4-10(24-2)8-12(11)25-3/h4-5,8H,6-7,9H2,1-3H3,(H2,17,22)(H,18,23). The minimum Gasteiger partial charge on any atom is -0.497 e. The summed E-state index contributed by atoms with van der Waals surface area (Å²) in [5.74, 6) is 1.34. The van der Waals surface area contributed by atoms with E-state index >= 15 is 0 Å². The van der Waals surface area contributed by atoms with E-state index in [1.54, 1.807) is 36.9 Å². The van der Waals surface area contributed by atoms with Gasteiger partial charge in [-0.05, 0) is 12.1 Å². The molecule has 2 rings (SSSR count). The summed E-state index contributed by atoms with van der Waals surface area (Å²) < 4.78 is 12.1. The number of benzene rings is 1. The summed E-state index contributed by atoms with van der Waals surface area (Å²) in [5.41, 5.74) is 5.69. The number of carbonyl (C=O) groups is 2. The number of nitrogens with two attached hydrogens (primary N) is 1. The second-order valence-corrected chi connectivity index (χ2v) is 6.27. The fourth-order valence-electron chi connectivity index (χ4n) is 2.14. The lowest BCUT2D eigenvalue weighted by molar-refractivity contribution is -0.118. The lowest BCUT2D eigenvalue weighted by atomic mass is 10.2. The summed E-state index contributed by atoms with van der Waals surface area (Å²) in [4.78, 5) is 23.1. The predicted octanol–water partition coefficient (Wildman–Crippen LogP) is 0.981. The van der Waals surface area contributed by atoms with E-state index in [-0.39, 0.29) is 18.1 Å². The van der Waals surface area contributed by atoms with Gasteiger partial charge in [0.2, 0.25) is 11.8 Å². The molecule has 1 heterocycles. The van der Waals surface area contributed by atoms with Gasteiger partial charge in [0.05, 0.1) is 25.7 Å². The van der Waals surface area contributed by atoms with Crippen LogP contribution in [-0.2, 0) is 23.1 Å². The number of rotatable bonds is 9. The monoisotopic (exact) mass is 379 g/mol. The van der Waals surface area contributed by atoms with Crippen LogP contribution in [0, 0.1) is 0 Å². The maximum atomic E-state index is 12.2. The molecule has 9 nitrogen and oxygen atoms in total. The predicted molar refractivity (Wildman–Crippen MR) is 97.4 cm³/mol. The summed E-state index contributed by atoms with van der Waals surface area (Å²) in [6.45, 7) is 0. The van der Waals surface area contributed by atoms with Crippen LogP contribution in [-0.4, -0.2) is 46.6 Å². The molecule has 26 heavy (non-hydrogen) atoms. The number of aromatic nitrogens is 3. The maximum absolute atomic E-state index is 12.2. The first-order chi connectivity index (χ1) is 12.4. The van der Waals surface area contributed by atoms with Crippen LogP contribution >= 0.6 is 11.8 Å². The molecule has 1 aromatic carbocycles. The molecule has 0 fully saturated rings. The average molecular weight is 379 g/mol. The fraction of sp³-hybridized carbons (Fsp3) is 0.375. The van der Waals surface area contributed by atoms with Gasteiger partial charge in [-0.3, -0.25) is 9.59 Å². The summed E-state index contributed by atoms with van der Waals surface area (Å²) >= 11 is 1.25. The smallest absolute Gasteiger partial charge is 0.234 e. The summed E-state index contributed by atoms with van der Waals surface area (Å²) in [6.07, 6.45) is 0.614. The molecule has 2 aromatic rings. The van der Waals surface area contributed by atoms with Crippen LogP contribution in [0.4, 0.5) is 5.69 Å². The van der Waals surface area contributed by atoms with Crippen molar-refractivity contribution in [2.24, 2.45) is 12.8 Å². The van der Waals surface area contributed by atoms with Crippen LogP contribution in [0.25, 0.3) is 0 Å². The van der Waals surface area contributed by atoms with Gasteiger partial charge in [-0.25, -0.2) is 0 Å². The molecule has 3 N–H and O–H groups in total.